The van der Waals surface area contributed by atoms with Gasteiger partial charge in [0.05, 0.1) is 12.6 Å². The van der Waals surface area contributed by atoms with E-state index in [0.717, 1.165) is 18.0 Å². The first-order valence-corrected chi connectivity index (χ1v) is 7.42. The van der Waals surface area contributed by atoms with E-state index in [0.29, 0.717) is 6.42 Å². The molecule has 1 aliphatic carbocycles. The van der Waals surface area contributed by atoms with Crippen molar-refractivity contribution in [3.05, 3.63) is 35.9 Å². The Hall–Kier alpha value is -1.88. The van der Waals surface area contributed by atoms with Gasteiger partial charge in [0, 0.05) is 6.42 Å². The molecule has 1 unspecified atom stereocenters. The topological polar surface area (TPSA) is 78.4 Å². The van der Waals surface area contributed by atoms with Gasteiger partial charge >= 0.3 is 5.97 Å². The summed E-state index contributed by atoms with van der Waals surface area (Å²) in [5.74, 6) is -0.207. The number of amides is 1. The molecule has 1 aromatic carbocycles. The summed E-state index contributed by atoms with van der Waals surface area (Å²) >= 11 is 0. The number of rotatable bonds is 9. The molecule has 0 radical (unpaired) electrons. The SMILES string of the molecule is O=C(O)CCC(NC(=O)CNCC1CC1)c1ccccc1. The quantitative estimate of drug-likeness (QED) is 0.647. The molecule has 0 saturated heterocycles. The summed E-state index contributed by atoms with van der Waals surface area (Å²) in [7, 11) is 0. The first-order valence-electron chi connectivity index (χ1n) is 7.42. The number of carboxylic acids is 1. The fourth-order valence-electron chi connectivity index (χ4n) is 2.23. The molecule has 21 heavy (non-hydrogen) atoms. The van der Waals surface area contributed by atoms with Crippen molar-refractivity contribution in [3.63, 3.8) is 0 Å². The van der Waals surface area contributed by atoms with Crippen molar-refractivity contribution in [2.75, 3.05) is 13.1 Å². The minimum atomic E-state index is -0.850. The predicted octanol–water partition coefficient (Wildman–Crippen LogP) is 1.71. The normalized spacial score (nSPS) is 15.4. The highest BCUT2D eigenvalue weighted by atomic mass is 16.4. The van der Waals surface area contributed by atoms with E-state index in [1.165, 1.54) is 12.8 Å². The van der Waals surface area contributed by atoms with Crippen molar-refractivity contribution in [2.24, 2.45) is 5.92 Å². The Kier molecular flexibility index (Phi) is 5.75. The summed E-state index contributed by atoms with van der Waals surface area (Å²) in [6.07, 6.45) is 2.93. The molecule has 1 saturated carbocycles. The zero-order chi connectivity index (χ0) is 15.1. The van der Waals surface area contributed by atoms with Crippen LogP contribution in [0.15, 0.2) is 30.3 Å². The second kappa shape index (κ2) is 7.78. The fraction of sp³-hybridized carbons (Fsp3) is 0.500. The van der Waals surface area contributed by atoms with Crippen LogP contribution in [-0.4, -0.2) is 30.1 Å². The highest BCUT2D eigenvalue weighted by Crippen LogP contribution is 2.27. The molecule has 1 amide bonds. The van der Waals surface area contributed by atoms with Gasteiger partial charge in [-0.1, -0.05) is 30.3 Å². The Balaban J connectivity index is 1.84. The van der Waals surface area contributed by atoms with Crippen LogP contribution < -0.4 is 10.6 Å². The van der Waals surface area contributed by atoms with Crippen LogP contribution in [0.3, 0.4) is 0 Å². The van der Waals surface area contributed by atoms with E-state index in [-0.39, 0.29) is 24.9 Å². The second-order valence-electron chi connectivity index (χ2n) is 5.54. The monoisotopic (exact) mass is 290 g/mol. The Morgan fingerprint density at radius 2 is 1.95 bits per heavy atom. The zero-order valence-corrected chi connectivity index (χ0v) is 12.0. The number of hydrogen-bond donors (Lipinski definition) is 3. The highest BCUT2D eigenvalue weighted by Gasteiger charge is 2.21. The molecule has 0 spiro atoms. The third kappa shape index (κ3) is 5.95. The van der Waals surface area contributed by atoms with Gasteiger partial charge in [-0.25, -0.2) is 0 Å². The van der Waals surface area contributed by atoms with Crippen LogP contribution in [0.4, 0.5) is 0 Å². The standard InChI is InChI=1S/C16H22N2O3/c19-15(11-17-10-12-6-7-12)18-14(8-9-16(20)21)13-4-2-1-3-5-13/h1-5,12,14,17H,6-11H2,(H,18,19)(H,20,21). The lowest BCUT2D eigenvalue weighted by Gasteiger charge is -2.18. The second-order valence-corrected chi connectivity index (χ2v) is 5.54. The zero-order valence-electron chi connectivity index (χ0n) is 12.0. The van der Waals surface area contributed by atoms with E-state index in [4.69, 9.17) is 5.11 Å². The van der Waals surface area contributed by atoms with Crippen LogP contribution in [0.25, 0.3) is 0 Å². The number of carboxylic acid groups (broad SMARTS) is 1. The summed E-state index contributed by atoms with van der Waals surface area (Å²) in [4.78, 5) is 22.7. The summed E-state index contributed by atoms with van der Waals surface area (Å²) in [5.41, 5.74) is 0.939. The minimum Gasteiger partial charge on any atom is -0.481 e. The number of carbonyl (C=O) groups is 2. The van der Waals surface area contributed by atoms with E-state index in [1.54, 1.807) is 0 Å². The molecular weight excluding hydrogens is 268 g/mol. The van der Waals surface area contributed by atoms with Gasteiger partial charge in [0.15, 0.2) is 0 Å². The largest absolute Gasteiger partial charge is 0.481 e. The van der Waals surface area contributed by atoms with Gasteiger partial charge in [-0.15, -0.1) is 0 Å². The molecule has 3 N–H and O–H groups in total. The fourth-order valence-corrected chi connectivity index (χ4v) is 2.23. The summed E-state index contributed by atoms with van der Waals surface area (Å²) < 4.78 is 0. The average Bonchev–Trinajstić information content (AvgIpc) is 3.28. The van der Waals surface area contributed by atoms with E-state index < -0.39 is 5.97 Å². The molecule has 1 atom stereocenters. The van der Waals surface area contributed by atoms with E-state index in [2.05, 4.69) is 10.6 Å². The number of aliphatic carboxylic acids is 1. The number of benzene rings is 1. The molecule has 1 fully saturated rings. The van der Waals surface area contributed by atoms with E-state index in [9.17, 15) is 9.59 Å². The minimum absolute atomic E-state index is 0.0370. The van der Waals surface area contributed by atoms with Crippen molar-refractivity contribution in [1.29, 1.82) is 0 Å². The maximum absolute atomic E-state index is 12.0. The molecule has 0 bridgehead atoms. The first-order chi connectivity index (χ1) is 10.1. The van der Waals surface area contributed by atoms with Gasteiger partial charge < -0.3 is 15.7 Å². The van der Waals surface area contributed by atoms with Crippen molar-refractivity contribution >= 4 is 11.9 Å². The summed E-state index contributed by atoms with van der Waals surface area (Å²) in [6, 6.07) is 9.24. The number of carbonyl (C=O) groups excluding carboxylic acids is 1. The van der Waals surface area contributed by atoms with Gasteiger partial charge in [-0.05, 0) is 37.3 Å². The Labute approximate surface area is 124 Å². The molecule has 2 rings (SSSR count). The van der Waals surface area contributed by atoms with Gasteiger partial charge in [-0.3, -0.25) is 9.59 Å². The van der Waals surface area contributed by atoms with Gasteiger partial charge in [0.2, 0.25) is 5.91 Å². The van der Waals surface area contributed by atoms with Crippen LogP contribution >= 0.6 is 0 Å². The maximum Gasteiger partial charge on any atom is 0.303 e. The molecule has 5 heteroatoms. The Morgan fingerprint density at radius 3 is 2.57 bits per heavy atom. The molecule has 5 nitrogen and oxygen atoms in total. The van der Waals surface area contributed by atoms with Crippen molar-refractivity contribution in [2.45, 2.75) is 31.7 Å². The molecule has 1 aliphatic rings. The highest BCUT2D eigenvalue weighted by molar-refractivity contribution is 5.78. The van der Waals surface area contributed by atoms with Crippen LogP contribution in [0, 0.1) is 5.92 Å². The van der Waals surface area contributed by atoms with Crippen LogP contribution in [0.1, 0.15) is 37.3 Å². The average molecular weight is 290 g/mol. The van der Waals surface area contributed by atoms with Crippen LogP contribution in [0.2, 0.25) is 0 Å². The van der Waals surface area contributed by atoms with Gasteiger partial charge in [0.25, 0.3) is 0 Å². The van der Waals surface area contributed by atoms with Gasteiger partial charge in [0.1, 0.15) is 0 Å². The smallest absolute Gasteiger partial charge is 0.303 e. The number of nitrogens with one attached hydrogen (secondary N) is 2. The Morgan fingerprint density at radius 1 is 1.24 bits per heavy atom. The van der Waals surface area contributed by atoms with Gasteiger partial charge in [-0.2, -0.15) is 0 Å². The van der Waals surface area contributed by atoms with Crippen molar-refractivity contribution in [3.8, 4) is 0 Å². The third-order valence-corrected chi connectivity index (χ3v) is 3.60. The lowest BCUT2D eigenvalue weighted by atomic mass is 10.0. The van der Waals surface area contributed by atoms with Crippen molar-refractivity contribution in [1.82, 2.24) is 10.6 Å². The predicted molar refractivity (Wildman–Crippen MR) is 79.8 cm³/mol. The molecule has 0 aromatic heterocycles. The molecule has 114 valence electrons. The summed E-state index contributed by atoms with van der Waals surface area (Å²) in [5, 5.41) is 14.9. The van der Waals surface area contributed by atoms with Crippen LogP contribution in [-0.2, 0) is 9.59 Å². The lowest BCUT2D eigenvalue weighted by molar-refractivity contribution is -0.137. The van der Waals surface area contributed by atoms with Crippen LogP contribution in [0.5, 0.6) is 0 Å². The summed E-state index contributed by atoms with van der Waals surface area (Å²) in [6.45, 7) is 1.17. The first kappa shape index (κ1) is 15.5. The van der Waals surface area contributed by atoms with Crippen molar-refractivity contribution < 1.29 is 14.7 Å². The van der Waals surface area contributed by atoms with E-state index >= 15 is 0 Å². The molecule has 0 aliphatic heterocycles. The molecular formula is C16H22N2O3. The lowest BCUT2D eigenvalue weighted by Crippen LogP contribution is -2.37. The number of hydrogen-bond acceptors (Lipinski definition) is 3. The third-order valence-electron chi connectivity index (χ3n) is 3.60. The molecule has 0 heterocycles. The Bertz CT molecular complexity index is 472. The molecule has 1 aromatic rings. The van der Waals surface area contributed by atoms with E-state index in [1.807, 2.05) is 30.3 Å². The maximum atomic E-state index is 12.0.